The van der Waals surface area contributed by atoms with Crippen LogP contribution in [0.3, 0.4) is 0 Å². The Morgan fingerprint density at radius 1 is 1.00 bits per heavy atom. The molecule has 11 nitrogen and oxygen atoms in total. The fraction of sp³-hybridized carbons (Fsp3) is 0.269. The standard InChI is InChI=1S/C26H26N4O7S/c1-35-25(31)22-21(17-8-4-3-5-9-17)18(16-27)24(28)30(23(22)26(32)36-2)19-10-6-7-11-20(19)38(33,34)29-12-14-37-15-13-29/h3-11,21H,12-15,28H2,1-2H3. The second kappa shape index (κ2) is 11.1. The molecule has 12 heteroatoms. The summed E-state index contributed by atoms with van der Waals surface area (Å²) in [5, 5.41) is 10.2. The summed E-state index contributed by atoms with van der Waals surface area (Å²) in [5.41, 5.74) is 6.37. The van der Waals surface area contributed by atoms with Gasteiger partial charge in [0.15, 0.2) is 0 Å². The lowest BCUT2D eigenvalue weighted by Crippen LogP contribution is -2.43. The Hall–Kier alpha value is -4.18. The number of anilines is 1. The number of methoxy groups -OCH3 is 2. The molecule has 4 rings (SSSR count). The maximum absolute atomic E-state index is 13.7. The van der Waals surface area contributed by atoms with Crippen molar-refractivity contribution in [1.82, 2.24) is 4.31 Å². The lowest BCUT2D eigenvalue weighted by molar-refractivity contribution is -0.139. The Morgan fingerprint density at radius 3 is 2.21 bits per heavy atom. The van der Waals surface area contributed by atoms with Crippen molar-refractivity contribution in [3.05, 3.63) is 82.8 Å². The fourth-order valence-corrected chi connectivity index (χ4v) is 6.13. The van der Waals surface area contributed by atoms with E-state index in [2.05, 4.69) is 6.07 Å². The van der Waals surface area contributed by atoms with Crippen LogP contribution in [0.5, 0.6) is 0 Å². The van der Waals surface area contributed by atoms with Crippen molar-refractivity contribution in [1.29, 1.82) is 5.26 Å². The minimum absolute atomic E-state index is 0.0300. The average molecular weight is 539 g/mol. The minimum Gasteiger partial charge on any atom is -0.466 e. The highest BCUT2D eigenvalue weighted by Crippen LogP contribution is 2.44. The summed E-state index contributed by atoms with van der Waals surface area (Å²) < 4.78 is 44.0. The Morgan fingerprint density at radius 2 is 1.61 bits per heavy atom. The van der Waals surface area contributed by atoms with E-state index in [1.165, 1.54) is 22.5 Å². The summed E-state index contributed by atoms with van der Waals surface area (Å²) in [4.78, 5) is 27.4. The molecule has 0 aliphatic carbocycles. The van der Waals surface area contributed by atoms with E-state index in [-0.39, 0.29) is 59.6 Å². The highest BCUT2D eigenvalue weighted by Gasteiger charge is 2.44. The maximum atomic E-state index is 13.7. The van der Waals surface area contributed by atoms with Gasteiger partial charge >= 0.3 is 11.9 Å². The van der Waals surface area contributed by atoms with Crippen LogP contribution in [0.2, 0.25) is 0 Å². The molecule has 0 bridgehead atoms. The van der Waals surface area contributed by atoms with Gasteiger partial charge in [0.1, 0.15) is 16.4 Å². The zero-order valence-corrected chi connectivity index (χ0v) is 21.6. The SMILES string of the molecule is COC(=O)C1=C(C(=O)OC)N(c2ccccc2S(=O)(=O)N2CCOCC2)C(N)=C(C#N)C1c1ccccc1. The van der Waals surface area contributed by atoms with E-state index in [1.807, 2.05) is 0 Å². The first-order valence-electron chi connectivity index (χ1n) is 11.6. The number of esters is 2. The molecule has 1 fully saturated rings. The zero-order valence-electron chi connectivity index (χ0n) is 20.8. The van der Waals surface area contributed by atoms with Crippen LogP contribution in [0.1, 0.15) is 11.5 Å². The van der Waals surface area contributed by atoms with Crippen LogP contribution in [0.15, 0.2) is 82.2 Å². The largest absolute Gasteiger partial charge is 0.466 e. The van der Waals surface area contributed by atoms with E-state index in [0.29, 0.717) is 5.56 Å². The number of nitrogens with two attached hydrogens (primary N) is 1. The molecule has 2 aliphatic rings. The third-order valence-electron chi connectivity index (χ3n) is 6.30. The number of allylic oxidation sites excluding steroid dienone is 1. The number of nitriles is 1. The molecule has 38 heavy (non-hydrogen) atoms. The molecule has 2 aliphatic heterocycles. The van der Waals surface area contributed by atoms with Crippen LogP contribution in [0.25, 0.3) is 0 Å². The molecule has 0 spiro atoms. The third kappa shape index (κ3) is 4.63. The van der Waals surface area contributed by atoms with Crippen molar-refractivity contribution < 1.29 is 32.2 Å². The lowest BCUT2D eigenvalue weighted by atomic mass is 9.81. The van der Waals surface area contributed by atoms with Gasteiger partial charge in [0.25, 0.3) is 0 Å². The number of hydrogen-bond acceptors (Lipinski definition) is 10. The summed E-state index contributed by atoms with van der Waals surface area (Å²) >= 11 is 0. The second-order valence-corrected chi connectivity index (χ2v) is 10.2. The predicted molar refractivity (Wildman–Crippen MR) is 136 cm³/mol. The first kappa shape index (κ1) is 26.9. The molecular formula is C26H26N4O7S. The number of para-hydroxylation sites is 1. The topological polar surface area (TPSA) is 152 Å². The van der Waals surface area contributed by atoms with Crippen molar-refractivity contribution in [3.63, 3.8) is 0 Å². The van der Waals surface area contributed by atoms with Gasteiger partial charge in [-0.2, -0.15) is 9.57 Å². The van der Waals surface area contributed by atoms with Crippen LogP contribution in [-0.4, -0.2) is 65.2 Å². The van der Waals surface area contributed by atoms with Crippen molar-refractivity contribution in [2.24, 2.45) is 5.73 Å². The van der Waals surface area contributed by atoms with Crippen molar-refractivity contribution in [2.45, 2.75) is 10.8 Å². The third-order valence-corrected chi connectivity index (χ3v) is 8.25. The molecule has 0 radical (unpaired) electrons. The molecule has 1 atom stereocenters. The summed E-state index contributed by atoms with van der Waals surface area (Å²) in [7, 11) is -1.83. The van der Waals surface area contributed by atoms with Gasteiger partial charge in [0.2, 0.25) is 10.0 Å². The van der Waals surface area contributed by atoms with Crippen LogP contribution < -0.4 is 10.6 Å². The van der Waals surface area contributed by atoms with E-state index < -0.39 is 27.9 Å². The van der Waals surface area contributed by atoms with Crippen LogP contribution in [0, 0.1) is 11.3 Å². The van der Waals surface area contributed by atoms with Gasteiger partial charge in [-0.05, 0) is 17.7 Å². The number of benzene rings is 2. The van der Waals surface area contributed by atoms with E-state index in [0.717, 1.165) is 19.1 Å². The minimum atomic E-state index is -4.09. The Bertz CT molecular complexity index is 1460. The van der Waals surface area contributed by atoms with Crippen molar-refractivity contribution in [2.75, 3.05) is 45.4 Å². The highest BCUT2D eigenvalue weighted by atomic mass is 32.2. The fourth-order valence-electron chi connectivity index (χ4n) is 4.55. The number of carbonyl (C=O) groups excluding carboxylic acids is 2. The Balaban J connectivity index is 2.05. The van der Waals surface area contributed by atoms with Crippen molar-refractivity contribution >= 4 is 27.6 Å². The van der Waals surface area contributed by atoms with Crippen LogP contribution >= 0.6 is 0 Å². The lowest BCUT2D eigenvalue weighted by Gasteiger charge is -2.37. The molecule has 2 N–H and O–H groups in total. The Kier molecular flexibility index (Phi) is 7.82. The molecule has 1 unspecified atom stereocenters. The van der Waals surface area contributed by atoms with Gasteiger partial charge in [-0.25, -0.2) is 18.0 Å². The number of morpholine rings is 1. The number of carbonyl (C=O) groups is 2. The smallest absolute Gasteiger partial charge is 0.355 e. The van der Waals surface area contributed by atoms with Crippen molar-refractivity contribution in [3.8, 4) is 6.07 Å². The summed E-state index contributed by atoms with van der Waals surface area (Å²) in [6, 6.07) is 16.5. The number of nitrogens with zero attached hydrogens (tertiary/aromatic N) is 3. The molecule has 2 aromatic rings. The predicted octanol–water partition coefficient (Wildman–Crippen LogP) is 1.61. The second-order valence-electron chi connectivity index (χ2n) is 8.32. The molecule has 2 aromatic carbocycles. The van der Waals surface area contributed by atoms with Crippen LogP contribution in [0.4, 0.5) is 5.69 Å². The van der Waals surface area contributed by atoms with Gasteiger partial charge in [0, 0.05) is 13.1 Å². The van der Waals surface area contributed by atoms with Gasteiger partial charge < -0.3 is 19.9 Å². The number of rotatable bonds is 6. The van der Waals surface area contributed by atoms with Gasteiger partial charge in [-0.3, -0.25) is 4.90 Å². The molecular weight excluding hydrogens is 512 g/mol. The van der Waals surface area contributed by atoms with E-state index >= 15 is 0 Å². The molecule has 0 saturated carbocycles. The van der Waals surface area contributed by atoms with Crippen LogP contribution in [-0.2, 0) is 33.8 Å². The van der Waals surface area contributed by atoms with E-state index in [4.69, 9.17) is 19.9 Å². The molecule has 1 saturated heterocycles. The molecule has 2 heterocycles. The maximum Gasteiger partial charge on any atom is 0.355 e. The summed E-state index contributed by atoms with van der Waals surface area (Å²) in [6.07, 6.45) is 0. The average Bonchev–Trinajstić information content (AvgIpc) is 2.96. The normalized spacial score (nSPS) is 18.7. The quantitative estimate of drug-likeness (QED) is 0.537. The molecule has 198 valence electrons. The van der Waals surface area contributed by atoms with E-state index in [9.17, 15) is 23.3 Å². The summed E-state index contributed by atoms with van der Waals surface area (Å²) in [5.74, 6) is -3.16. The Labute approximate surface area is 220 Å². The number of sulfonamides is 1. The highest BCUT2D eigenvalue weighted by molar-refractivity contribution is 7.89. The van der Waals surface area contributed by atoms with E-state index in [1.54, 1.807) is 36.4 Å². The zero-order chi connectivity index (χ0) is 27.4. The number of hydrogen-bond donors (Lipinski definition) is 1. The van der Waals surface area contributed by atoms with Gasteiger partial charge in [-0.1, -0.05) is 42.5 Å². The summed E-state index contributed by atoms with van der Waals surface area (Å²) in [6.45, 7) is 0.720. The molecule has 0 amide bonds. The number of ether oxygens (including phenoxy) is 3. The van der Waals surface area contributed by atoms with Gasteiger partial charge in [0.05, 0.1) is 56.3 Å². The monoisotopic (exact) mass is 538 g/mol. The van der Waals surface area contributed by atoms with Gasteiger partial charge in [-0.15, -0.1) is 0 Å². The first-order chi connectivity index (χ1) is 18.3. The first-order valence-corrected chi connectivity index (χ1v) is 13.0. The molecule has 0 aromatic heterocycles.